The van der Waals surface area contributed by atoms with Gasteiger partial charge in [0.25, 0.3) is 0 Å². The van der Waals surface area contributed by atoms with E-state index in [2.05, 4.69) is 10.2 Å². The molecular formula is C12H19FN2O. The molecule has 0 saturated heterocycles. The maximum absolute atomic E-state index is 13.2. The molecule has 0 spiro atoms. The van der Waals surface area contributed by atoms with Gasteiger partial charge in [0, 0.05) is 19.6 Å². The molecule has 0 atom stereocenters. The van der Waals surface area contributed by atoms with Crippen LogP contribution in [0.3, 0.4) is 0 Å². The van der Waals surface area contributed by atoms with Crippen LogP contribution in [-0.2, 0) is 6.54 Å². The van der Waals surface area contributed by atoms with E-state index in [-0.39, 0.29) is 5.82 Å². The van der Waals surface area contributed by atoms with Gasteiger partial charge in [-0.2, -0.15) is 0 Å². The lowest BCUT2D eigenvalue weighted by molar-refractivity contribution is 0.326. The molecule has 0 saturated carbocycles. The van der Waals surface area contributed by atoms with E-state index >= 15 is 0 Å². The predicted octanol–water partition coefficient (Wildman–Crippen LogP) is 1.49. The molecule has 0 aliphatic rings. The molecule has 0 radical (unpaired) electrons. The van der Waals surface area contributed by atoms with E-state index in [1.165, 1.54) is 13.2 Å². The topological polar surface area (TPSA) is 24.5 Å². The van der Waals surface area contributed by atoms with Gasteiger partial charge in [0.15, 0.2) is 11.6 Å². The molecule has 0 bridgehead atoms. The largest absolute Gasteiger partial charge is 0.494 e. The molecule has 0 amide bonds. The van der Waals surface area contributed by atoms with Crippen LogP contribution in [0.15, 0.2) is 18.2 Å². The maximum Gasteiger partial charge on any atom is 0.165 e. The van der Waals surface area contributed by atoms with Crippen LogP contribution < -0.4 is 10.1 Å². The standard InChI is InChI=1S/C12H19FN2O/c1-14-6-7-15(2)9-10-4-5-11(13)12(8-10)16-3/h4-5,8,14H,6-7,9H2,1-3H3. The summed E-state index contributed by atoms with van der Waals surface area (Å²) in [5.74, 6) is -0.0105. The Hall–Kier alpha value is -1.13. The van der Waals surface area contributed by atoms with Crippen molar-refractivity contribution in [3.63, 3.8) is 0 Å². The van der Waals surface area contributed by atoms with Crippen molar-refractivity contribution in [3.8, 4) is 5.75 Å². The van der Waals surface area contributed by atoms with Gasteiger partial charge in [-0.1, -0.05) is 6.07 Å². The average Bonchev–Trinajstić information content (AvgIpc) is 2.29. The lowest BCUT2D eigenvalue weighted by Gasteiger charge is -2.16. The number of nitrogens with zero attached hydrogens (tertiary/aromatic N) is 1. The van der Waals surface area contributed by atoms with Crippen molar-refractivity contribution in [2.24, 2.45) is 0 Å². The average molecular weight is 226 g/mol. The number of methoxy groups -OCH3 is 1. The number of hydrogen-bond donors (Lipinski definition) is 1. The number of hydrogen-bond acceptors (Lipinski definition) is 3. The van der Waals surface area contributed by atoms with Crippen LogP contribution in [0.25, 0.3) is 0 Å². The first-order chi connectivity index (χ1) is 7.67. The Kier molecular flexibility index (Phi) is 5.22. The highest BCUT2D eigenvalue weighted by atomic mass is 19.1. The summed E-state index contributed by atoms with van der Waals surface area (Å²) in [5, 5.41) is 3.09. The Morgan fingerprint density at radius 3 is 2.81 bits per heavy atom. The van der Waals surface area contributed by atoms with Crippen LogP contribution in [0.4, 0.5) is 4.39 Å². The molecule has 0 heterocycles. The Morgan fingerprint density at radius 2 is 2.19 bits per heavy atom. The van der Waals surface area contributed by atoms with Crippen LogP contribution in [0, 0.1) is 5.82 Å². The highest BCUT2D eigenvalue weighted by Gasteiger charge is 2.05. The first-order valence-electron chi connectivity index (χ1n) is 5.33. The maximum atomic E-state index is 13.2. The highest BCUT2D eigenvalue weighted by Crippen LogP contribution is 2.18. The van der Waals surface area contributed by atoms with E-state index in [0.717, 1.165) is 25.2 Å². The molecule has 0 fully saturated rings. The minimum absolute atomic E-state index is 0.305. The molecule has 16 heavy (non-hydrogen) atoms. The van der Waals surface area contributed by atoms with Gasteiger partial charge in [0.05, 0.1) is 7.11 Å². The second kappa shape index (κ2) is 6.45. The Balaban J connectivity index is 2.59. The number of benzene rings is 1. The third kappa shape index (κ3) is 3.79. The SMILES string of the molecule is CNCCN(C)Cc1ccc(F)c(OC)c1. The lowest BCUT2D eigenvalue weighted by atomic mass is 10.2. The second-order valence-electron chi connectivity index (χ2n) is 3.81. The molecule has 1 aromatic rings. The Labute approximate surface area is 96.2 Å². The third-order valence-corrected chi connectivity index (χ3v) is 2.41. The molecule has 0 aliphatic carbocycles. The summed E-state index contributed by atoms with van der Waals surface area (Å²) in [4.78, 5) is 2.17. The summed E-state index contributed by atoms with van der Waals surface area (Å²) in [6.45, 7) is 2.68. The van der Waals surface area contributed by atoms with Crippen molar-refractivity contribution in [3.05, 3.63) is 29.6 Å². The monoisotopic (exact) mass is 226 g/mol. The van der Waals surface area contributed by atoms with Crippen molar-refractivity contribution in [1.82, 2.24) is 10.2 Å². The second-order valence-corrected chi connectivity index (χ2v) is 3.81. The summed E-state index contributed by atoms with van der Waals surface area (Å²) in [6.07, 6.45) is 0. The summed E-state index contributed by atoms with van der Waals surface area (Å²) in [7, 11) is 5.44. The van der Waals surface area contributed by atoms with Crippen molar-refractivity contribution < 1.29 is 9.13 Å². The van der Waals surface area contributed by atoms with Crippen LogP contribution in [0.5, 0.6) is 5.75 Å². The Morgan fingerprint density at radius 1 is 1.44 bits per heavy atom. The van der Waals surface area contributed by atoms with E-state index in [1.807, 2.05) is 14.1 Å². The number of halogens is 1. The van der Waals surface area contributed by atoms with E-state index < -0.39 is 0 Å². The summed E-state index contributed by atoms with van der Waals surface area (Å²) < 4.78 is 18.1. The molecule has 1 aromatic carbocycles. The lowest BCUT2D eigenvalue weighted by Crippen LogP contribution is -2.26. The highest BCUT2D eigenvalue weighted by molar-refractivity contribution is 5.30. The Bertz CT molecular complexity index is 331. The van der Waals surface area contributed by atoms with Crippen molar-refractivity contribution in [2.75, 3.05) is 34.3 Å². The van der Waals surface area contributed by atoms with Gasteiger partial charge in [-0.25, -0.2) is 4.39 Å². The number of nitrogens with one attached hydrogen (secondary N) is 1. The van der Waals surface area contributed by atoms with Crippen molar-refractivity contribution in [2.45, 2.75) is 6.54 Å². The van der Waals surface area contributed by atoms with Crippen molar-refractivity contribution >= 4 is 0 Å². The van der Waals surface area contributed by atoms with E-state index in [1.54, 1.807) is 12.1 Å². The van der Waals surface area contributed by atoms with Crippen molar-refractivity contribution in [1.29, 1.82) is 0 Å². The molecular weight excluding hydrogens is 207 g/mol. The van der Waals surface area contributed by atoms with Gasteiger partial charge in [-0.15, -0.1) is 0 Å². The molecule has 1 rings (SSSR count). The van der Waals surface area contributed by atoms with Crippen LogP contribution in [0.1, 0.15) is 5.56 Å². The minimum atomic E-state index is -0.316. The first-order valence-corrected chi connectivity index (χ1v) is 5.33. The quantitative estimate of drug-likeness (QED) is 0.795. The number of ether oxygens (including phenoxy) is 1. The summed E-state index contributed by atoms with van der Waals surface area (Å²) >= 11 is 0. The van der Waals surface area contributed by atoms with E-state index in [0.29, 0.717) is 5.75 Å². The number of rotatable bonds is 6. The first kappa shape index (κ1) is 12.9. The van der Waals surface area contributed by atoms with Crippen LogP contribution >= 0.6 is 0 Å². The summed E-state index contributed by atoms with van der Waals surface area (Å²) in [6, 6.07) is 4.97. The minimum Gasteiger partial charge on any atom is -0.494 e. The fraction of sp³-hybridized carbons (Fsp3) is 0.500. The molecule has 1 N–H and O–H groups in total. The molecule has 0 aromatic heterocycles. The fourth-order valence-electron chi connectivity index (χ4n) is 1.50. The number of likely N-dealkylation sites (N-methyl/N-ethyl adjacent to an activating group) is 2. The van der Waals surface area contributed by atoms with Gasteiger partial charge in [0.2, 0.25) is 0 Å². The normalized spacial score (nSPS) is 10.8. The van der Waals surface area contributed by atoms with Crippen LogP contribution in [-0.4, -0.2) is 39.2 Å². The zero-order valence-corrected chi connectivity index (χ0v) is 10.1. The zero-order valence-electron chi connectivity index (χ0n) is 10.1. The molecule has 90 valence electrons. The van der Waals surface area contributed by atoms with E-state index in [9.17, 15) is 4.39 Å². The molecule has 3 nitrogen and oxygen atoms in total. The van der Waals surface area contributed by atoms with Gasteiger partial charge in [-0.3, -0.25) is 0 Å². The zero-order chi connectivity index (χ0) is 12.0. The summed E-state index contributed by atoms with van der Waals surface area (Å²) in [5.41, 5.74) is 1.05. The van der Waals surface area contributed by atoms with Gasteiger partial charge in [-0.05, 0) is 31.8 Å². The predicted molar refractivity (Wildman–Crippen MR) is 63.2 cm³/mol. The van der Waals surface area contributed by atoms with Gasteiger partial charge in [0.1, 0.15) is 0 Å². The smallest absolute Gasteiger partial charge is 0.165 e. The fourth-order valence-corrected chi connectivity index (χ4v) is 1.50. The molecule has 4 heteroatoms. The van der Waals surface area contributed by atoms with E-state index in [4.69, 9.17) is 4.74 Å². The molecule has 0 aliphatic heterocycles. The third-order valence-electron chi connectivity index (χ3n) is 2.41. The van der Waals surface area contributed by atoms with Crippen LogP contribution in [0.2, 0.25) is 0 Å². The molecule has 0 unspecified atom stereocenters. The van der Waals surface area contributed by atoms with Gasteiger partial charge < -0.3 is 15.0 Å². The van der Waals surface area contributed by atoms with Gasteiger partial charge >= 0.3 is 0 Å².